The highest BCUT2D eigenvalue weighted by Gasteiger charge is 2.23. The minimum absolute atomic E-state index is 0.558. The highest BCUT2D eigenvalue weighted by molar-refractivity contribution is 5.62. The molecule has 1 fully saturated rings. The van der Waals surface area contributed by atoms with E-state index in [0.717, 1.165) is 28.5 Å². The lowest BCUT2D eigenvalue weighted by Crippen LogP contribution is -2.08. The Morgan fingerprint density at radius 3 is 2.58 bits per heavy atom. The maximum absolute atomic E-state index is 5.89. The molecule has 1 aromatic carbocycles. The summed E-state index contributed by atoms with van der Waals surface area (Å²) >= 11 is 0. The lowest BCUT2D eigenvalue weighted by atomic mass is 10.1. The van der Waals surface area contributed by atoms with Crippen LogP contribution in [0.1, 0.15) is 43.1 Å². The van der Waals surface area contributed by atoms with Crippen molar-refractivity contribution in [2.24, 2.45) is 0 Å². The van der Waals surface area contributed by atoms with Gasteiger partial charge in [-0.2, -0.15) is 0 Å². The van der Waals surface area contributed by atoms with E-state index >= 15 is 0 Å². The predicted octanol–water partition coefficient (Wildman–Crippen LogP) is 3.26. The molecular weight excluding hydrogens is 236 g/mol. The van der Waals surface area contributed by atoms with Gasteiger partial charge in [0.2, 0.25) is 0 Å². The minimum Gasteiger partial charge on any atom is -0.399 e. The molecule has 1 saturated carbocycles. The fourth-order valence-corrected chi connectivity index (χ4v) is 2.98. The first-order valence-corrected chi connectivity index (χ1v) is 6.95. The van der Waals surface area contributed by atoms with E-state index in [-0.39, 0.29) is 0 Å². The van der Waals surface area contributed by atoms with Gasteiger partial charge < -0.3 is 10.3 Å². The number of aryl methyl sites for hydroxylation is 2. The fourth-order valence-electron chi connectivity index (χ4n) is 2.98. The maximum Gasteiger partial charge on any atom is 0.164 e. The average molecular weight is 256 g/mol. The van der Waals surface area contributed by atoms with Gasteiger partial charge >= 0.3 is 0 Å². The third-order valence-electron chi connectivity index (χ3n) is 4.08. The van der Waals surface area contributed by atoms with Crippen LogP contribution in [0.2, 0.25) is 0 Å². The standard InChI is InChI=1S/C15H20N4/c1-10-9-12(7-8-14(10)16)15-18-17-11(2)19(15)13-5-3-4-6-13/h7-9,13H,3-6,16H2,1-2H3. The van der Waals surface area contributed by atoms with Gasteiger partial charge in [-0.1, -0.05) is 12.8 Å². The third kappa shape index (κ3) is 2.11. The third-order valence-corrected chi connectivity index (χ3v) is 4.08. The molecule has 0 radical (unpaired) electrons. The summed E-state index contributed by atoms with van der Waals surface area (Å²) in [6.07, 6.45) is 5.09. The molecule has 2 aromatic rings. The van der Waals surface area contributed by atoms with Crippen molar-refractivity contribution in [1.29, 1.82) is 0 Å². The van der Waals surface area contributed by atoms with Crippen molar-refractivity contribution in [1.82, 2.24) is 14.8 Å². The molecule has 0 unspecified atom stereocenters. The predicted molar refractivity (Wildman–Crippen MR) is 76.8 cm³/mol. The Bertz CT molecular complexity index is 594. The topological polar surface area (TPSA) is 56.7 Å². The summed E-state index contributed by atoms with van der Waals surface area (Å²) < 4.78 is 2.30. The summed E-state index contributed by atoms with van der Waals surface area (Å²) in [5, 5.41) is 8.64. The van der Waals surface area contributed by atoms with Crippen LogP contribution in [0, 0.1) is 13.8 Å². The molecule has 1 aliphatic rings. The van der Waals surface area contributed by atoms with E-state index in [9.17, 15) is 0 Å². The molecule has 1 heterocycles. The molecule has 0 atom stereocenters. The smallest absolute Gasteiger partial charge is 0.164 e. The first-order valence-electron chi connectivity index (χ1n) is 6.95. The van der Waals surface area contributed by atoms with Crippen molar-refractivity contribution < 1.29 is 0 Å². The molecule has 4 nitrogen and oxygen atoms in total. The Hall–Kier alpha value is -1.84. The SMILES string of the molecule is Cc1cc(-c2nnc(C)n2C2CCCC2)ccc1N. The molecule has 3 rings (SSSR count). The Labute approximate surface area is 113 Å². The number of hydrogen-bond acceptors (Lipinski definition) is 3. The molecule has 19 heavy (non-hydrogen) atoms. The molecule has 2 N–H and O–H groups in total. The number of aromatic nitrogens is 3. The van der Waals surface area contributed by atoms with Crippen molar-refractivity contribution in [2.75, 3.05) is 5.73 Å². The van der Waals surface area contributed by atoms with E-state index in [1.54, 1.807) is 0 Å². The normalized spacial score (nSPS) is 16.1. The summed E-state index contributed by atoms with van der Waals surface area (Å²) in [6.45, 7) is 4.07. The summed E-state index contributed by atoms with van der Waals surface area (Å²) in [5.74, 6) is 1.99. The molecule has 0 spiro atoms. The Balaban J connectivity index is 2.07. The van der Waals surface area contributed by atoms with E-state index in [1.165, 1.54) is 25.7 Å². The Morgan fingerprint density at radius 1 is 1.16 bits per heavy atom. The second-order valence-corrected chi connectivity index (χ2v) is 5.45. The quantitative estimate of drug-likeness (QED) is 0.839. The molecule has 4 heteroatoms. The van der Waals surface area contributed by atoms with E-state index < -0.39 is 0 Å². The van der Waals surface area contributed by atoms with Gasteiger partial charge in [0.15, 0.2) is 5.82 Å². The molecule has 1 aliphatic carbocycles. The highest BCUT2D eigenvalue weighted by atomic mass is 15.3. The molecule has 100 valence electrons. The number of hydrogen-bond donors (Lipinski definition) is 1. The summed E-state index contributed by atoms with van der Waals surface area (Å²) in [6, 6.07) is 6.65. The molecule has 0 amide bonds. The minimum atomic E-state index is 0.558. The van der Waals surface area contributed by atoms with Crippen LogP contribution < -0.4 is 5.73 Å². The maximum atomic E-state index is 5.89. The molecule has 1 aromatic heterocycles. The van der Waals surface area contributed by atoms with Crippen LogP contribution in [0.3, 0.4) is 0 Å². The van der Waals surface area contributed by atoms with E-state index in [0.29, 0.717) is 6.04 Å². The van der Waals surface area contributed by atoms with Gasteiger partial charge in [-0.3, -0.25) is 0 Å². The second-order valence-electron chi connectivity index (χ2n) is 5.45. The van der Waals surface area contributed by atoms with E-state index in [4.69, 9.17) is 5.73 Å². The number of rotatable bonds is 2. The van der Waals surface area contributed by atoms with Gasteiger partial charge in [0.25, 0.3) is 0 Å². The van der Waals surface area contributed by atoms with Crippen LogP contribution in [-0.2, 0) is 0 Å². The Kier molecular flexibility index (Phi) is 3.01. The molecule has 0 aliphatic heterocycles. The van der Waals surface area contributed by atoms with Crippen LogP contribution in [0.25, 0.3) is 11.4 Å². The van der Waals surface area contributed by atoms with Gasteiger partial charge in [0.05, 0.1) is 0 Å². The number of benzene rings is 1. The molecular formula is C15H20N4. The fraction of sp³-hybridized carbons (Fsp3) is 0.467. The number of anilines is 1. The summed E-state index contributed by atoms with van der Waals surface area (Å²) in [5.41, 5.74) is 8.92. The van der Waals surface area contributed by atoms with E-state index in [1.807, 2.05) is 26.0 Å². The summed E-state index contributed by atoms with van der Waals surface area (Å²) in [4.78, 5) is 0. The summed E-state index contributed by atoms with van der Waals surface area (Å²) in [7, 11) is 0. The van der Waals surface area contributed by atoms with Gasteiger partial charge in [-0.15, -0.1) is 10.2 Å². The van der Waals surface area contributed by atoms with Crippen molar-refractivity contribution in [3.05, 3.63) is 29.6 Å². The van der Waals surface area contributed by atoms with Crippen molar-refractivity contribution in [2.45, 2.75) is 45.6 Å². The molecule has 0 bridgehead atoms. The second kappa shape index (κ2) is 4.68. The van der Waals surface area contributed by atoms with Crippen molar-refractivity contribution >= 4 is 5.69 Å². The zero-order valence-corrected chi connectivity index (χ0v) is 11.6. The van der Waals surface area contributed by atoms with Gasteiger partial charge in [0, 0.05) is 17.3 Å². The van der Waals surface area contributed by atoms with Crippen molar-refractivity contribution in [3.8, 4) is 11.4 Å². The zero-order chi connectivity index (χ0) is 13.4. The van der Waals surface area contributed by atoms with E-state index in [2.05, 4.69) is 20.8 Å². The highest BCUT2D eigenvalue weighted by Crippen LogP contribution is 2.34. The first kappa shape index (κ1) is 12.2. The van der Waals surface area contributed by atoms with Crippen LogP contribution in [-0.4, -0.2) is 14.8 Å². The lowest BCUT2D eigenvalue weighted by Gasteiger charge is -2.16. The lowest BCUT2D eigenvalue weighted by molar-refractivity contribution is 0.510. The molecule has 0 saturated heterocycles. The number of nitrogen functional groups attached to an aromatic ring is 1. The van der Waals surface area contributed by atoms with Crippen LogP contribution in [0.4, 0.5) is 5.69 Å². The average Bonchev–Trinajstić information content (AvgIpc) is 3.01. The van der Waals surface area contributed by atoms with Gasteiger partial charge in [-0.25, -0.2) is 0 Å². The van der Waals surface area contributed by atoms with Gasteiger partial charge in [-0.05, 0) is 50.5 Å². The van der Waals surface area contributed by atoms with Crippen LogP contribution in [0.15, 0.2) is 18.2 Å². The first-order chi connectivity index (χ1) is 9.16. The van der Waals surface area contributed by atoms with Crippen LogP contribution >= 0.6 is 0 Å². The largest absolute Gasteiger partial charge is 0.399 e. The van der Waals surface area contributed by atoms with Crippen molar-refractivity contribution in [3.63, 3.8) is 0 Å². The number of nitrogens with zero attached hydrogens (tertiary/aromatic N) is 3. The number of nitrogens with two attached hydrogens (primary N) is 1. The Morgan fingerprint density at radius 2 is 1.89 bits per heavy atom. The monoisotopic (exact) mass is 256 g/mol. The zero-order valence-electron chi connectivity index (χ0n) is 11.6. The van der Waals surface area contributed by atoms with Crippen LogP contribution in [0.5, 0.6) is 0 Å². The van der Waals surface area contributed by atoms with Gasteiger partial charge in [0.1, 0.15) is 5.82 Å².